The van der Waals surface area contributed by atoms with Gasteiger partial charge in [-0.15, -0.1) is 0 Å². The highest BCUT2D eigenvalue weighted by Crippen LogP contribution is 2.26. The second-order valence-corrected chi connectivity index (χ2v) is 4.26. The first-order chi connectivity index (χ1) is 7.27. The van der Waals surface area contributed by atoms with Crippen LogP contribution in [0.25, 0.3) is 0 Å². The lowest BCUT2D eigenvalue weighted by atomic mass is 10.00. The number of hydrogen-bond acceptors (Lipinski definition) is 2. The van der Waals surface area contributed by atoms with Gasteiger partial charge in [-0.05, 0) is 18.8 Å². The molecule has 2 rings (SSSR count). The van der Waals surface area contributed by atoms with Crippen molar-refractivity contribution in [1.82, 2.24) is 4.90 Å². The number of amides is 2. The third kappa shape index (κ3) is 2.46. The number of rotatable bonds is 2. The molecule has 0 bridgehead atoms. The van der Waals surface area contributed by atoms with Crippen LogP contribution in [0.3, 0.4) is 0 Å². The molecule has 0 aromatic rings. The number of hydrogen-bond donors (Lipinski definition) is 0. The average Bonchev–Trinajstić information content (AvgIpc) is 2.49. The highest BCUT2D eigenvalue weighted by atomic mass is 16.2. The lowest BCUT2D eigenvalue weighted by Crippen LogP contribution is -2.33. The Balaban J connectivity index is 1.90. The molecular formula is C12H16NO2. The Morgan fingerprint density at radius 1 is 0.933 bits per heavy atom. The van der Waals surface area contributed by atoms with E-state index in [0.717, 1.165) is 12.8 Å². The molecule has 2 aliphatic rings. The molecule has 1 saturated carbocycles. The molecule has 0 unspecified atom stereocenters. The minimum absolute atomic E-state index is 0.156. The normalized spacial score (nSPS) is 23.6. The molecule has 81 valence electrons. The maximum Gasteiger partial charge on any atom is 0.253 e. The van der Waals surface area contributed by atoms with E-state index in [2.05, 4.69) is 0 Å². The van der Waals surface area contributed by atoms with Gasteiger partial charge < -0.3 is 0 Å². The number of carbonyl (C=O) groups excluding carboxylic acids is 2. The fraction of sp³-hybridized carbons (Fsp3) is 0.583. The van der Waals surface area contributed by atoms with Crippen molar-refractivity contribution in [2.45, 2.75) is 38.5 Å². The summed E-state index contributed by atoms with van der Waals surface area (Å²) < 4.78 is 0. The summed E-state index contributed by atoms with van der Waals surface area (Å²) in [4.78, 5) is 24.0. The second-order valence-electron chi connectivity index (χ2n) is 4.26. The van der Waals surface area contributed by atoms with Gasteiger partial charge in [0.25, 0.3) is 11.8 Å². The van der Waals surface area contributed by atoms with E-state index in [1.54, 1.807) is 0 Å². The van der Waals surface area contributed by atoms with Crippen molar-refractivity contribution in [3.05, 3.63) is 18.1 Å². The van der Waals surface area contributed by atoms with E-state index in [4.69, 9.17) is 0 Å². The molecule has 3 heteroatoms. The molecule has 1 aliphatic heterocycles. The average molecular weight is 206 g/mol. The van der Waals surface area contributed by atoms with Crippen molar-refractivity contribution in [1.29, 1.82) is 0 Å². The van der Waals surface area contributed by atoms with Gasteiger partial charge in [0.1, 0.15) is 0 Å². The molecule has 0 aromatic heterocycles. The van der Waals surface area contributed by atoms with E-state index in [1.807, 2.05) is 0 Å². The van der Waals surface area contributed by atoms with Gasteiger partial charge in [0.2, 0.25) is 0 Å². The number of carbonyl (C=O) groups is 2. The van der Waals surface area contributed by atoms with Gasteiger partial charge in [-0.1, -0.05) is 25.7 Å². The SMILES string of the molecule is O=C1C=CC(=O)N1C[C]1CCCCCC1. The topological polar surface area (TPSA) is 37.4 Å². The summed E-state index contributed by atoms with van der Waals surface area (Å²) in [5.74, 6) is 1.05. The first kappa shape index (κ1) is 10.4. The summed E-state index contributed by atoms with van der Waals surface area (Å²) in [6.07, 6.45) is 9.86. The van der Waals surface area contributed by atoms with Gasteiger partial charge in [-0.2, -0.15) is 0 Å². The maximum absolute atomic E-state index is 11.3. The van der Waals surface area contributed by atoms with Crippen LogP contribution in [0.5, 0.6) is 0 Å². The fourth-order valence-electron chi connectivity index (χ4n) is 2.20. The highest BCUT2D eigenvalue weighted by molar-refractivity contribution is 6.12. The van der Waals surface area contributed by atoms with Gasteiger partial charge in [-0.3, -0.25) is 14.5 Å². The number of nitrogens with zero attached hydrogens (tertiary/aromatic N) is 1. The van der Waals surface area contributed by atoms with Crippen molar-refractivity contribution in [2.24, 2.45) is 0 Å². The predicted octanol–water partition coefficient (Wildman–Crippen LogP) is 1.84. The van der Waals surface area contributed by atoms with Crippen LogP contribution in [-0.2, 0) is 9.59 Å². The van der Waals surface area contributed by atoms with Gasteiger partial charge in [0, 0.05) is 18.7 Å². The van der Waals surface area contributed by atoms with Crippen LogP contribution in [-0.4, -0.2) is 23.3 Å². The molecule has 1 aliphatic carbocycles. The third-order valence-electron chi connectivity index (χ3n) is 3.09. The van der Waals surface area contributed by atoms with E-state index in [9.17, 15) is 9.59 Å². The van der Waals surface area contributed by atoms with Gasteiger partial charge in [0.15, 0.2) is 0 Å². The molecule has 0 aromatic carbocycles. The monoisotopic (exact) mass is 206 g/mol. The Kier molecular flexibility index (Phi) is 3.19. The summed E-state index contributed by atoms with van der Waals surface area (Å²) in [5.41, 5.74) is 0. The first-order valence-electron chi connectivity index (χ1n) is 5.64. The van der Waals surface area contributed by atoms with Crippen LogP contribution in [0.4, 0.5) is 0 Å². The quantitative estimate of drug-likeness (QED) is 0.510. The first-order valence-corrected chi connectivity index (χ1v) is 5.64. The molecule has 3 nitrogen and oxygen atoms in total. The van der Waals surface area contributed by atoms with E-state index in [0.29, 0.717) is 6.54 Å². The van der Waals surface area contributed by atoms with Crippen molar-refractivity contribution in [3.63, 3.8) is 0 Å². The zero-order valence-corrected chi connectivity index (χ0v) is 8.87. The lowest BCUT2D eigenvalue weighted by Gasteiger charge is -2.20. The van der Waals surface area contributed by atoms with Gasteiger partial charge in [-0.25, -0.2) is 0 Å². The molecular weight excluding hydrogens is 190 g/mol. The zero-order chi connectivity index (χ0) is 10.7. The van der Waals surface area contributed by atoms with Crippen molar-refractivity contribution in [2.75, 3.05) is 6.54 Å². The molecule has 15 heavy (non-hydrogen) atoms. The maximum atomic E-state index is 11.3. The van der Waals surface area contributed by atoms with Gasteiger partial charge >= 0.3 is 0 Å². The van der Waals surface area contributed by atoms with Crippen LogP contribution in [0.15, 0.2) is 12.2 Å². The van der Waals surface area contributed by atoms with E-state index in [1.165, 1.54) is 48.7 Å². The largest absolute Gasteiger partial charge is 0.275 e. The summed E-state index contributed by atoms with van der Waals surface area (Å²) >= 11 is 0. The predicted molar refractivity (Wildman–Crippen MR) is 56.8 cm³/mol. The molecule has 0 saturated heterocycles. The minimum atomic E-state index is -0.156. The van der Waals surface area contributed by atoms with E-state index in [-0.39, 0.29) is 11.8 Å². The molecule has 2 amide bonds. The Bertz CT molecular complexity index is 270. The Morgan fingerprint density at radius 3 is 2.00 bits per heavy atom. The molecule has 1 fully saturated rings. The second kappa shape index (κ2) is 4.60. The molecule has 1 heterocycles. The summed E-state index contributed by atoms with van der Waals surface area (Å²) in [6, 6.07) is 0. The molecule has 0 spiro atoms. The Morgan fingerprint density at radius 2 is 1.47 bits per heavy atom. The van der Waals surface area contributed by atoms with Crippen LogP contribution in [0.2, 0.25) is 0 Å². The highest BCUT2D eigenvalue weighted by Gasteiger charge is 2.26. The third-order valence-corrected chi connectivity index (χ3v) is 3.09. The Hall–Kier alpha value is -1.12. The number of imide groups is 1. The van der Waals surface area contributed by atoms with Crippen LogP contribution in [0.1, 0.15) is 38.5 Å². The van der Waals surface area contributed by atoms with E-state index < -0.39 is 0 Å². The summed E-state index contributed by atoms with van der Waals surface area (Å²) in [6.45, 7) is 0.546. The van der Waals surface area contributed by atoms with Crippen LogP contribution in [0, 0.1) is 5.92 Å². The van der Waals surface area contributed by atoms with E-state index >= 15 is 0 Å². The minimum Gasteiger partial charge on any atom is -0.275 e. The molecule has 0 atom stereocenters. The summed E-state index contributed by atoms with van der Waals surface area (Å²) in [7, 11) is 0. The molecule has 0 N–H and O–H groups in total. The van der Waals surface area contributed by atoms with Crippen LogP contribution < -0.4 is 0 Å². The standard InChI is InChI=1S/C12H16NO2/c14-11-7-8-12(15)13(11)9-10-5-3-1-2-4-6-10/h7-8H,1-6,9H2. The van der Waals surface area contributed by atoms with Gasteiger partial charge in [0.05, 0.1) is 0 Å². The van der Waals surface area contributed by atoms with Crippen molar-refractivity contribution < 1.29 is 9.59 Å². The fourth-order valence-corrected chi connectivity index (χ4v) is 2.20. The van der Waals surface area contributed by atoms with Crippen molar-refractivity contribution >= 4 is 11.8 Å². The zero-order valence-electron chi connectivity index (χ0n) is 8.87. The Labute approximate surface area is 90.1 Å². The smallest absolute Gasteiger partial charge is 0.253 e. The summed E-state index contributed by atoms with van der Waals surface area (Å²) in [5, 5.41) is 0. The van der Waals surface area contributed by atoms with Crippen LogP contribution >= 0.6 is 0 Å². The van der Waals surface area contributed by atoms with Crippen molar-refractivity contribution in [3.8, 4) is 0 Å². The lowest BCUT2D eigenvalue weighted by molar-refractivity contribution is -0.136. The molecule has 1 radical (unpaired) electrons.